The molecule has 184 valence electrons. The van der Waals surface area contributed by atoms with Crippen LogP contribution in [0.25, 0.3) is 11.1 Å². The van der Waals surface area contributed by atoms with Crippen LogP contribution in [-0.4, -0.2) is 0 Å². The lowest BCUT2D eigenvalue weighted by Crippen LogP contribution is -2.00. The van der Waals surface area contributed by atoms with Crippen molar-refractivity contribution in [3.05, 3.63) is 143 Å². The predicted molar refractivity (Wildman–Crippen MR) is 147 cm³/mol. The van der Waals surface area contributed by atoms with Crippen LogP contribution in [0, 0.1) is 11.6 Å². The maximum absolute atomic E-state index is 14.4. The smallest absolute Gasteiger partial charge is 0.129 e. The van der Waals surface area contributed by atoms with Crippen molar-refractivity contribution in [2.24, 2.45) is 0 Å². The van der Waals surface area contributed by atoms with E-state index in [-0.39, 0.29) is 5.56 Å². The van der Waals surface area contributed by atoms with E-state index >= 15 is 0 Å². The van der Waals surface area contributed by atoms with E-state index in [2.05, 4.69) is 85.8 Å². The Kier molecular flexibility index (Phi) is 8.84. The van der Waals surface area contributed by atoms with Gasteiger partial charge in [0.25, 0.3) is 0 Å². The second kappa shape index (κ2) is 12.4. The van der Waals surface area contributed by atoms with E-state index in [1.54, 1.807) is 0 Å². The van der Waals surface area contributed by atoms with Gasteiger partial charge in [-0.15, -0.1) is 0 Å². The van der Waals surface area contributed by atoms with Gasteiger partial charge in [-0.1, -0.05) is 97.9 Å². The quantitative estimate of drug-likeness (QED) is 0.198. The van der Waals surface area contributed by atoms with Gasteiger partial charge >= 0.3 is 0 Å². The third-order valence-corrected chi connectivity index (χ3v) is 6.85. The molecule has 0 aliphatic rings. The zero-order valence-corrected chi connectivity index (χ0v) is 21.2. The first-order valence-corrected chi connectivity index (χ1v) is 12.8. The molecule has 0 fully saturated rings. The highest BCUT2D eigenvalue weighted by Crippen LogP contribution is 2.25. The van der Waals surface area contributed by atoms with E-state index in [4.69, 9.17) is 0 Å². The van der Waals surface area contributed by atoms with Crippen molar-refractivity contribution in [3.8, 4) is 11.1 Å². The Balaban J connectivity index is 1.34. The predicted octanol–water partition coefficient (Wildman–Crippen LogP) is 9.27. The molecule has 0 aromatic heterocycles. The second-order valence-electron chi connectivity index (χ2n) is 9.56. The molecule has 4 aromatic rings. The Morgan fingerprint density at radius 3 is 1.81 bits per heavy atom. The number of hydrogen-bond donors (Lipinski definition) is 0. The highest BCUT2D eigenvalue weighted by atomic mass is 19.1. The van der Waals surface area contributed by atoms with Crippen molar-refractivity contribution in [2.75, 3.05) is 0 Å². The fraction of sp³-hybridized carbons (Fsp3) is 0.235. The summed E-state index contributed by atoms with van der Waals surface area (Å²) in [7, 11) is 0. The Morgan fingerprint density at radius 1 is 0.667 bits per heavy atom. The van der Waals surface area contributed by atoms with Crippen LogP contribution in [-0.2, 0) is 25.7 Å². The first kappa shape index (κ1) is 25.6. The standard InChI is InChI=1S/C34H34F2/c1-3-4-6-11-32-33(35)23-28(24-34(32)36)13-12-26-14-18-30(19-15-26)31-20-16-27(17-21-31)22-25(2)29-9-7-5-8-10-29/h3-5,7-10,14-21,23-25H,6,11-13,22H2,1-2H3/t25-/m1/s1. The van der Waals surface area contributed by atoms with Gasteiger partial charge < -0.3 is 0 Å². The summed E-state index contributed by atoms with van der Waals surface area (Å²) in [5, 5.41) is 0. The van der Waals surface area contributed by atoms with Crippen LogP contribution in [0.2, 0.25) is 0 Å². The molecule has 0 amide bonds. The maximum atomic E-state index is 14.4. The average Bonchev–Trinajstić information content (AvgIpc) is 2.90. The van der Waals surface area contributed by atoms with Gasteiger partial charge in [-0.3, -0.25) is 0 Å². The van der Waals surface area contributed by atoms with Crippen LogP contribution in [0.4, 0.5) is 8.78 Å². The van der Waals surface area contributed by atoms with Crippen molar-refractivity contribution < 1.29 is 8.78 Å². The fourth-order valence-electron chi connectivity index (χ4n) is 4.67. The highest BCUT2D eigenvalue weighted by molar-refractivity contribution is 5.64. The van der Waals surface area contributed by atoms with Gasteiger partial charge in [-0.25, -0.2) is 8.78 Å². The number of benzene rings is 4. The Hall–Kier alpha value is -3.52. The van der Waals surface area contributed by atoms with Crippen molar-refractivity contribution >= 4 is 0 Å². The van der Waals surface area contributed by atoms with Crippen molar-refractivity contribution in [3.63, 3.8) is 0 Å². The molecule has 4 rings (SSSR count). The molecule has 1 atom stereocenters. The Bertz CT molecular complexity index is 1250. The molecule has 0 spiro atoms. The van der Waals surface area contributed by atoms with E-state index in [0.29, 0.717) is 30.7 Å². The van der Waals surface area contributed by atoms with Crippen molar-refractivity contribution in [1.82, 2.24) is 0 Å². The van der Waals surface area contributed by atoms with Crippen LogP contribution in [0.5, 0.6) is 0 Å². The van der Waals surface area contributed by atoms with Crippen LogP contribution in [0.1, 0.15) is 54.0 Å². The van der Waals surface area contributed by atoms with Gasteiger partial charge in [0.05, 0.1) is 0 Å². The molecule has 0 N–H and O–H groups in total. The monoisotopic (exact) mass is 480 g/mol. The molecular formula is C34H34F2. The van der Waals surface area contributed by atoms with E-state index in [1.165, 1.54) is 34.4 Å². The fourth-order valence-corrected chi connectivity index (χ4v) is 4.67. The maximum Gasteiger partial charge on any atom is 0.129 e. The summed E-state index contributed by atoms with van der Waals surface area (Å²) >= 11 is 0. The van der Waals surface area contributed by atoms with Crippen molar-refractivity contribution in [2.45, 2.75) is 51.9 Å². The van der Waals surface area contributed by atoms with E-state index < -0.39 is 11.6 Å². The third kappa shape index (κ3) is 6.79. The lowest BCUT2D eigenvalue weighted by atomic mass is 9.92. The van der Waals surface area contributed by atoms with Gasteiger partial charge in [-0.05, 0) is 90.5 Å². The van der Waals surface area contributed by atoms with E-state index in [9.17, 15) is 8.78 Å². The molecule has 2 heteroatoms. The molecule has 0 saturated heterocycles. The van der Waals surface area contributed by atoms with Gasteiger partial charge in [0, 0.05) is 5.56 Å². The summed E-state index contributed by atoms with van der Waals surface area (Å²) in [6, 6.07) is 30.9. The third-order valence-electron chi connectivity index (χ3n) is 6.85. The molecule has 0 radical (unpaired) electrons. The average molecular weight is 481 g/mol. The van der Waals surface area contributed by atoms with E-state index in [0.717, 1.165) is 18.4 Å². The molecule has 0 saturated carbocycles. The summed E-state index contributed by atoms with van der Waals surface area (Å²) in [5.41, 5.74) is 7.09. The Morgan fingerprint density at radius 2 is 1.22 bits per heavy atom. The number of rotatable bonds is 10. The molecule has 0 aliphatic carbocycles. The summed E-state index contributed by atoms with van der Waals surface area (Å²) in [6.45, 7) is 4.18. The minimum Gasteiger partial charge on any atom is -0.207 e. The minimum atomic E-state index is -0.438. The van der Waals surface area contributed by atoms with Gasteiger partial charge in [-0.2, -0.15) is 0 Å². The summed E-state index contributed by atoms with van der Waals surface area (Å²) in [4.78, 5) is 0. The molecule has 36 heavy (non-hydrogen) atoms. The molecular weight excluding hydrogens is 446 g/mol. The van der Waals surface area contributed by atoms with Crippen LogP contribution >= 0.6 is 0 Å². The number of aryl methyl sites for hydroxylation is 2. The number of halogens is 2. The van der Waals surface area contributed by atoms with Crippen LogP contribution in [0.15, 0.2) is 103 Å². The number of allylic oxidation sites excluding steroid dienone is 2. The van der Waals surface area contributed by atoms with E-state index in [1.807, 2.05) is 19.1 Å². The zero-order valence-electron chi connectivity index (χ0n) is 21.2. The lowest BCUT2D eigenvalue weighted by Gasteiger charge is -2.12. The van der Waals surface area contributed by atoms with Gasteiger partial charge in [0.1, 0.15) is 11.6 Å². The SMILES string of the molecule is CC=CCCc1c(F)cc(CCc2ccc(-c3ccc(C[C@@H](C)c4ccccc4)cc3)cc2)cc1F. The second-order valence-corrected chi connectivity index (χ2v) is 9.56. The van der Waals surface area contributed by atoms with Gasteiger partial charge in [0.2, 0.25) is 0 Å². The highest BCUT2D eigenvalue weighted by Gasteiger charge is 2.11. The summed E-state index contributed by atoms with van der Waals surface area (Å²) in [5.74, 6) is -0.398. The van der Waals surface area contributed by atoms with Crippen LogP contribution in [0.3, 0.4) is 0 Å². The molecule has 0 heterocycles. The first-order valence-electron chi connectivity index (χ1n) is 12.8. The minimum absolute atomic E-state index is 0.182. The number of hydrogen-bond acceptors (Lipinski definition) is 0. The summed E-state index contributed by atoms with van der Waals surface area (Å²) < 4.78 is 28.9. The molecule has 0 nitrogen and oxygen atoms in total. The molecule has 0 aliphatic heterocycles. The molecule has 0 bridgehead atoms. The largest absolute Gasteiger partial charge is 0.207 e. The molecule has 4 aromatic carbocycles. The Labute approximate surface area is 214 Å². The van der Waals surface area contributed by atoms with Crippen molar-refractivity contribution in [1.29, 1.82) is 0 Å². The molecule has 0 unspecified atom stereocenters. The van der Waals surface area contributed by atoms with Crippen LogP contribution < -0.4 is 0 Å². The zero-order chi connectivity index (χ0) is 25.3. The normalized spacial score (nSPS) is 12.2. The first-order chi connectivity index (χ1) is 17.5. The lowest BCUT2D eigenvalue weighted by molar-refractivity contribution is 0.552. The van der Waals surface area contributed by atoms with Gasteiger partial charge in [0.15, 0.2) is 0 Å². The summed E-state index contributed by atoms with van der Waals surface area (Å²) in [6.07, 6.45) is 7.23. The topological polar surface area (TPSA) is 0 Å².